The van der Waals surface area contributed by atoms with Gasteiger partial charge in [0.15, 0.2) is 11.4 Å². The molecule has 262 valence electrons. The van der Waals surface area contributed by atoms with Gasteiger partial charge in [0.05, 0.1) is 13.2 Å². The maximum Gasteiger partial charge on any atom is 0.350 e. The smallest absolute Gasteiger partial charge is 0.350 e. The van der Waals surface area contributed by atoms with E-state index in [0.29, 0.717) is 42.5 Å². The van der Waals surface area contributed by atoms with Crippen LogP contribution < -0.4 is 11.1 Å². The highest BCUT2D eigenvalue weighted by Gasteiger charge is 2.85. The number of ether oxygens (including phenoxy) is 2. The third kappa shape index (κ3) is 6.53. The van der Waals surface area contributed by atoms with Crippen molar-refractivity contribution in [2.75, 3.05) is 25.5 Å². The minimum atomic E-state index is -2.09. The summed E-state index contributed by atoms with van der Waals surface area (Å²) in [4.78, 5) is 47.7. The van der Waals surface area contributed by atoms with E-state index in [-0.39, 0.29) is 48.6 Å². The molecule has 4 aliphatic rings. The third-order valence-corrected chi connectivity index (χ3v) is 11.3. The van der Waals surface area contributed by atoms with Gasteiger partial charge in [0.1, 0.15) is 5.82 Å². The zero-order valence-corrected chi connectivity index (χ0v) is 29.3. The molecule has 2 fully saturated rings. The summed E-state index contributed by atoms with van der Waals surface area (Å²) >= 11 is 0. The molecule has 0 amide bonds. The summed E-state index contributed by atoms with van der Waals surface area (Å²) in [5.74, 6) is 0.0386. The number of pyridine rings is 1. The lowest BCUT2D eigenvalue weighted by Gasteiger charge is -2.42. The van der Waals surface area contributed by atoms with E-state index in [1.807, 2.05) is 25.1 Å². The van der Waals surface area contributed by atoms with Crippen LogP contribution >= 0.6 is 0 Å². The monoisotopic (exact) mass is 669 g/mol. The van der Waals surface area contributed by atoms with E-state index in [9.17, 15) is 19.5 Å². The molecule has 6 atom stereocenters. The molecule has 1 saturated carbocycles. The highest BCUT2D eigenvalue weighted by atomic mass is 16.7. The number of hydrogen-bond donors (Lipinski definition) is 3. The second kappa shape index (κ2) is 14.3. The van der Waals surface area contributed by atoms with Crippen molar-refractivity contribution in [3.63, 3.8) is 0 Å². The van der Waals surface area contributed by atoms with Crippen LogP contribution in [0.2, 0.25) is 0 Å². The van der Waals surface area contributed by atoms with Gasteiger partial charge in [-0.3, -0.25) is 9.59 Å². The molecule has 9 nitrogen and oxygen atoms in total. The Bertz CT molecular complexity index is 1660. The Morgan fingerprint density at radius 2 is 2.02 bits per heavy atom. The van der Waals surface area contributed by atoms with E-state index in [4.69, 9.17) is 15.2 Å². The van der Waals surface area contributed by atoms with Gasteiger partial charge in [-0.25, -0.2) is 9.78 Å². The fraction of sp³-hybridized carbons (Fsp3) is 0.550. The number of nitrogens with one attached hydrogen (secondary N) is 1. The molecule has 2 aromatic rings. The van der Waals surface area contributed by atoms with Crippen molar-refractivity contribution in [2.45, 2.75) is 96.3 Å². The number of hydrogen-bond acceptors (Lipinski definition) is 9. The number of fused-ring (bicyclic) bond motifs is 3. The Labute approximate surface area is 289 Å². The summed E-state index contributed by atoms with van der Waals surface area (Å²) in [6, 6.07) is 9.16. The highest BCUT2D eigenvalue weighted by Crippen LogP contribution is 2.60. The number of ketones is 2. The fourth-order valence-corrected chi connectivity index (χ4v) is 8.61. The Morgan fingerprint density at radius 3 is 2.76 bits per heavy atom. The summed E-state index contributed by atoms with van der Waals surface area (Å²) in [5, 5.41) is 14.2. The Morgan fingerprint density at radius 1 is 1.20 bits per heavy atom. The van der Waals surface area contributed by atoms with Crippen LogP contribution in [0.4, 0.5) is 5.82 Å². The standard InChI is InChI=1S/C40H51N3O6/c1-5-42-33-20-28-10-7-6-9-27(28)19-30(33)23-48-38(47)40-37(46)35-29(17-24(2)3)11-8-12-32(35)36(45)39(40,49-40)21-31(22-44)25(4)13-14-26-15-16-43-34(41)18-26/h7-8,10-12,15-16,18,24,27-28,30,33,42,44H,5-6,9,13-14,17,19-23H2,1-4H3,(H2,41,43). The van der Waals surface area contributed by atoms with Gasteiger partial charge in [-0.1, -0.05) is 56.7 Å². The Kier molecular flexibility index (Phi) is 10.3. The van der Waals surface area contributed by atoms with E-state index >= 15 is 0 Å². The van der Waals surface area contributed by atoms with Crippen molar-refractivity contribution in [2.24, 2.45) is 23.7 Å². The average Bonchev–Trinajstić information content (AvgIpc) is 3.79. The number of carbonyl (C=O) groups excluding carboxylic acids is 3. The topological polar surface area (TPSA) is 144 Å². The number of nitrogens with zero attached hydrogens (tertiary/aromatic N) is 1. The minimum Gasteiger partial charge on any atom is -0.463 e. The summed E-state index contributed by atoms with van der Waals surface area (Å²) in [6.07, 6.45) is 12.1. The second-order valence-electron chi connectivity index (χ2n) is 14.9. The molecule has 1 saturated heterocycles. The first-order valence-electron chi connectivity index (χ1n) is 18.0. The lowest BCUT2D eigenvalue weighted by Crippen LogP contribution is -2.52. The van der Waals surface area contributed by atoms with Crippen molar-refractivity contribution >= 4 is 23.4 Å². The second-order valence-corrected chi connectivity index (χ2v) is 14.9. The molecule has 49 heavy (non-hydrogen) atoms. The summed E-state index contributed by atoms with van der Waals surface area (Å²) < 4.78 is 12.4. The molecule has 6 rings (SSSR count). The number of Topliss-reactive ketones (excluding diaryl/α,β-unsaturated/α-hetero) is 2. The lowest BCUT2D eigenvalue weighted by atomic mass is 9.68. The van der Waals surface area contributed by atoms with Crippen LogP contribution in [0.3, 0.4) is 0 Å². The molecule has 3 aliphatic carbocycles. The van der Waals surface area contributed by atoms with E-state index < -0.39 is 28.7 Å². The third-order valence-electron chi connectivity index (χ3n) is 11.3. The van der Waals surface area contributed by atoms with Crippen LogP contribution in [-0.2, 0) is 27.1 Å². The number of nitrogens with two attached hydrogens (primary N) is 1. The van der Waals surface area contributed by atoms with Gasteiger partial charge in [0.25, 0.3) is 5.60 Å². The average molecular weight is 670 g/mol. The molecule has 4 N–H and O–H groups in total. The number of anilines is 1. The van der Waals surface area contributed by atoms with Gasteiger partial charge >= 0.3 is 5.97 Å². The molecular formula is C40H51N3O6. The number of aromatic nitrogens is 1. The van der Waals surface area contributed by atoms with Gasteiger partial charge < -0.3 is 25.6 Å². The highest BCUT2D eigenvalue weighted by molar-refractivity contribution is 6.33. The molecule has 2 heterocycles. The van der Waals surface area contributed by atoms with Crippen molar-refractivity contribution in [1.29, 1.82) is 0 Å². The van der Waals surface area contributed by atoms with E-state index in [0.717, 1.165) is 48.9 Å². The van der Waals surface area contributed by atoms with Gasteiger partial charge in [-0.15, -0.1) is 0 Å². The van der Waals surface area contributed by atoms with Crippen LogP contribution in [0.25, 0.3) is 0 Å². The van der Waals surface area contributed by atoms with Crippen molar-refractivity contribution < 1.29 is 29.0 Å². The summed E-state index contributed by atoms with van der Waals surface area (Å²) in [7, 11) is 0. The molecule has 1 aromatic carbocycles. The number of aliphatic hydroxyl groups is 1. The molecule has 1 aliphatic heterocycles. The first kappa shape index (κ1) is 35.2. The molecular weight excluding hydrogens is 618 g/mol. The zero-order valence-electron chi connectivity index (χ0n) is 29.3. The lowest BCUT2D eigenvalue weighted by molar-refractivity contribution is -0.150. The number of aryl methyl sites for hydroxylation is 1. The largest absolute Gasteiger partial charge is 0.463 e. The zero-order chi connectivity index (χ0) is 34.9. The number of nitrogen functional groups attached to an aromatic ring is 1. The summed E-state index contributed by atoms with van der Waals surface area (Å²) in [5.41, 5.74) is 5.66. The normalized spacial score (nSPS) is 29.2. The van der Waals surface area contributed by atoms with Crippen molar-refractivity contribution in [3.8, 4) is 0 Å². The molecule has 0 radical (unpaired) electrons. The van der Waals surface area contributed by atoms with Gasteiger partial charge in [-0.2, -0.15) is 0 Å². The minimum absolute atomic E-state index is 0.0803. The number of aliphatic hydroxyl groups excluding tert-OH is 1. The SMILES string of the molecule is CCNC1CC2C=CCCC2CC1COC(=O)C12OC1(CC(CO)=C(C)CCc1ccnc(N)c1)C(=O)c1cccc(CC(C)C)c1C2=O. The predicted octanol–water partition coefficient (Wildman–Crippen LogP) is 5.59. The fourth-order valence-electron chi connectivity index (χ4n) is 8.61. The quantitative estimate of drug-likeness (QED) is 0.108. The summed E-state index contributed by atoms with van der Waals surface area (Å²) in [6.45, 7) is 8.69. The van der Waals surface area contributed by atoms with Crippen LogP contribution in [0.15, 0.2) is 59.8 Å². The van der Waals surface area contributed by atoms with Crippen molar-refractivity contribution in [3.05, 3.63) is 82.1 Å². The number of benzene rings is 1. The molecule has 0 spiro atoms. The predicted molar refractivity (Wildman–Crippen MR) is 188 cm³/mol. The van der Waals surface area contributed by atoms with Gasteiger partial charge in [-0.05, 0) is 105 Å². The molecule has 6 unspecified atom stereocenters. The maximum absolute atomic E-state index is 14.7. The Balaban J connectivity index is 1.31. The van der Waals surface area contributed by atoms with Crippen LogP contribution in [0.1, 0.15) is 98.1 Å². The van der Waals surface area contributed by atoms with Gasteiger partial charge in [0, 0.05) is 35.7 Å². The van der Waals surface area contributed by atoms with E-state index in [1.54, 1.807) is 18.3 Å². The molecule has 1 aromatic heterocycles. The number of rotatable bonds is 13. The van der Waals surface area contributed by atoms with E-state index in [1.165, 1.54) is 0 Å². The van der Waals surface area contributed by atoms with E-state index in [2.05, 4.69) is 43.2 Å². The number of carbonyl (C=O) groups is 3. The van der Waals surface area contributed by atoms with Crippen LogP contribution in [0.5, 0.6) is 0 Å². The molecule has 0 bridgehead atoms. The van der Waals surface area contributed by atoms with Crippen LogP contribution in [0, 0.1) is 23.7 Å². The Hall–Kier alpha value is -3.66. The van der Waals surface area contributed by atoms with Crippen LogP contribution in [-0.4, -0.2) is 64.6 Å². The molecule has 9 heteroatoms. The maximum atomic E-state index is 14.7. The number of epoxide rings is 1. The van der Waals surface area contributed by atoms with Crippen molar-refractivity contribution in [1.82, 2.24) is 10.3 Å². The number of allylic oxidation sites excluding steroid dienone is 3. The first-order valence-corrected chi connectivity index (χ1v) is 18.0. The van der Waals surface area contributed by atoms with Gasteiger partial charge in [0.2, 0.25) is 5.78 Å². The first-order chi connectivity index (χ1) is 23.5. The number of esters is 1.